The molecule has 402 valence electrons. The second-order valence-electron chi connectivity index (χ2n) is 18.5. The van der Waals surface area contributed by atoms with E-state index in [9.17, 15) is 13.2 Å². The van der Waals surface area contributed by atoms with Crippen LogP contribution in [0, 0.1) is 26.2 Å². The van der Waals surface area contributed by atoms with Crippen molar-refractivity contribution in [3.05, 3.63) is 52.8 Å². The van der Waals surface area contributed by atoms with Gasteiger partial charge in [0.25, 0.3) is 5.91 Å². The quantitative estimate of drug-likeness (QED) is 0.0645. The number of sulfonamides is 1. The zero-order valence-corrected chi connectivity index (χ0v) is 43.9. The van der Waals surface area contributed by atoms with Gasteiger partial charge in [0.2, 0.25) is 10.0 Å². The van der Waals surface area contributed by atoms with E-state index in [2.05, 4.69) is 37.6 Å². The molecular weight excluding hydrogens is 947 g/mol. The molecular formula is C51H81N9O11S. The van der Waals surface area contributed by atoms with Crippen molar-refractivity contribution in [1.82, 2.24) is 34.6 Å². The molecule has 21 heteroatoms. The molecule has 72 heavy (non-hydrogen) atoms. The van der Waals surface area contributed by atoms with Gasteiger partial charge in [0.1, 0.15) is 12.4 Å². The second kappa shape index (κ2) is 31.7. The van der Waals surface area contributed by atoms with E-state index in [4.69, 9.17) is 54.4 Å². The third-order valence-corrected chi connectivity index (χ3v) is 13.4. The summed E-state index contributed by atoms with van der Waals surface area (Å²) in [5.41, 5.74) is 4.11. The van der Waals surface area contributed by atoms with Gasteiger partial charge in [0, 0.05) is 76.2 Å². The molecule has 0 bridgehead atoms. The fourth-order valence-electron chi connectivity index (χ4n) is 9.09. The molecule has 1 amide bonds. The first-order chi connectivity index (χ1) is 35.1. The summed E-state index contributed by atoms with van der Waals surface area (Å²) in [4.78, 5) is 28.5. The number of nitrogens with zero attached hydrogens (tertiary/aromatic N) is 7. The van der Waals surface area contributed by atoms with E-state index in [1.165, 1.54) is 0 Å². The summed E-state index contributed by atoms with van der Waals surface area (Å²) in [7, 11) is -3.57. The fraction of sp³-hybridized carbons (Fsp3) is 0.706. The number of piperazine rings is 1. The number of terminal acetylenes is 1. The smallest absolute Gasteiger partial charge is 0.256 e. The number of anilines is 2. The number of piperidine rings is 1. The maximum atomic E-state index is 14.1. The Bertz CT molecular complexity index is 2210. The van der Waals surface area contributed by atoms with Gasteiger partial charge in [-0.2, -0.15) is 5.10 Å². The molecule has 6 rings (SSSR count). The lowest BCUT2D eigenvalue weighted by Crippen LogP contribution is -2.47. The number of benzene rings is 1. The Kier molecular flexibility index (Phi) is 25.2. The van der Waals surface area contributed by atoms with Crippen molar-refractivity contribution in [2.24, 2.45) is 0 Å². The summed E-state index contributed by atoms with van der Waals surface area (Å²) in [6, 6.07) is 7.38. The topological polar surface area (TPSA) is 192 Å². The molecule has 20 nitrogen and oxygen atoms in total. The summed E-state index contributed by atoms with van der Waals surface area (Å²) in [6.07, 6.45) is 13.0. The maximum Gasteiger partial charge on any atom is 0.256 e. The standard InChI is InChI=1S/C51H81N9O11S/c1-5-22-64-24-26-66-28-30-68-32-34-70-36-37-71-35-33-69-31-29-67-27-25-65-23-21-57-19-17-56(18-20-57)14-8-13-52-44-12-16-58(41-44)50-43(3)40-60-49(53-50)39-47(54-60)48-9-6-7-15-59(48)51(61)45-38-42(2)10-11-46(45)55-72(4,62)63/h1,10-11,38-40,44,48,52,55H,6-9,12-37,41H2,2-4H3/t44-,48-/m0/s1. The Labute approximate surface area is 427 Å². The summed E-state index contributed by atoms with van der Waals surface area (Å²) < 4.78 is 72.7. The zero-order valence-electron chi connectivity index (χ0n) is 43.1. The molecule has 3 fully saturated rings. The number of carbonyl (C=O) groups is 1. The van der Waals surface area contributed by atoms with E-state index in [-0.39, 0.29) is 17.6 Å². The van der Waals surface area contributed by atoms with E-state index >= 15 is 0 Å². The molecule has 3 aliphatic rings. The monoisotopic (exact) mass is 1030 g/mol. The molecule has 0 spiro atoms. The van der Waals surface area contributed by atoms with Gasteiger partial charge in [-0.05, 0) is 71.2 Å². The molecule has 1 aromatic carbocycles. The Morgan fingerprint density at radius 1 is 0.736 bits per heavy atom. The number of hydrogen-bond donors (Lipinski definition) is 2. The molecule has 0 aliphatic carbocycles. The van der Waals surface area contributed by atoms with Gasteiger partial charge in [-0.1, -0.05) is 17.6 Å². The number of nitrogens with one attached hydrogen (secondary N) is 2. The molecule has 3 aliphatic heterocycles. The van der Waals surface area contributed by atoms with Gasteiger partial charge in [0.15, 0.2) is 5.65 Å². The highest BCUT2D eigenvalue weighted by Gasteiger charge is 2.33. The number of fused-ring (bicyclic) bond motifs is 1. The lowest BCUT2D eigenvalue weighted by Gasteiger charge is -2.35. The van der Waals surface area contributed by atoms with E-state index < -0.39 is 10.0 Å². The minimum Gasteiger partial charge on any atom is -0.378 e. The predicted molar refractivity (Wildman–Crippen MR) is 277 cm³/mol. The normalized spacial score (nSPS) is 18.1. The van der Waals surface area contributed by atoms with Crippen molar-refractivity contribution < 1.29 is 51.1 Å². The van der Waals surface area contributed by atoms with Crippen LogP contribution >= 0.6 is 0 Å². The molecule has 3 saturated heterocycles. The fourth-order valence-corrected chi connectivity index (χ4v) is 9.67. The summed E-state index contributed by atoms with van der Waals surface area (Å²) in [6.45, 7) is 21.9. The Balaban J connectivity index is 0.758. The van der Waals surface area contributed by atoms with Crippen LogP contribution in [-0.4, -0.2) is 227 Å². The van der Waals surface area contributed by atoms with Crippen molar-refractivity contribution in [2.45, 2.75) is 58.0 Å². The summed E-state index contributed by atoms with van der Waals surface area (Å²) in [5, 5.41) is 8.75. The van der Waals surface area contributed by atoms with Crippen LogP contribution < -0.4 is 14.9 Å². The van der Waals surface area contributed by atoms with Crippen molar-refractivity contribution in [2.75, 3.05) is 187 Å². The van der Waals surface area contributed by atoms with Gasteiger partial charge in [0.05, 0.1) is 128 Å². The van der Waals surface area contributed by atoms with Crippen LogP contribution in [0.1, 0.15) is 65.3 Å². The largest absolute Gasteiger partial charge is 0.378 e. The van der Waals surface area contributed by atoms with Gasteiger partial charge < -0.3 is 57.9 Å². The highest BCUT2D eigenvalue weighted by atomic mass is 32.2. The van der Waals surface area contributed by atoms with Crippen LogP contribution in [0.4, 0.5) is 11.5 Å². The van der Waals surface area contributed by atoms with Gasteiger partial charge >= 0.3 is 0 Å². The highest BCUT2D eigenvalue weighted by Crippen LogP contribution is 2.34. The van der Waals surface area contributed by atoms with Gasteiger partial charge in [-0.15, -0.1) is 6.42 Å². The second-order valence-corrected chi connectivity index (χ2v) is 20.3. The van der Waals surface area contributed by atoms with E-state index in [1.807, 2.05) is 28.6 Å². The Morgan fingerprint density at radius 2 is 1.32 bits per heavy atom. The molecule has 2 atom stereocenters. The number of aryl methyl sites for hydroxylation is 2. The first-order valence-electron chi connectivity index (χ1n) is 25.8. The average molecular weight is 1030 g/mol. The number of ether oxygens (including phenoxy) is 8. The highest BCUT2D eigenvalue weighted by molar-refractivity contribution is 7.92. The molecule has 0 saturated carbocycles. The number of aromatic nitrogens is 3. The Hall–Kier alpha value is -4.02. The minimum atomic E-state index is -3.57. The first-order valence-corrected chi connectivity index (χ1v) is 27.7. The number of carbonyl (C=O) groups excluding carboxylic acids is 1. The summed E-state index contributed by atoms with van der Waals surface area (Å²) in [5.74, 6) is 3.17. The molecule has 5 heterocycles. The minimum absolute atomic E-state index is 0.207. The third kappa shape index (κ3) is 20.0. The number of amides is 1. The third-order valence-electron chi connectivity index (χ3n) is 12.8. The van der Waals surface area contributed by atoms with Crippen LogP contribution in [0.2, 0.25) is 0 Å². The van der Waals surface area contributed by atoms with Crippen LogP contribution in [0.25, 0.3) is 5.65 Å². The Morgan fingerprint density at radius 3 is 1.92 bits per heavy atom. The molecule has 2 N–H and O–H groups in total. The van der Waals surface area contributed by atoms with E-state index in [1.54, 1.807) is 18.2 Å². The molecule has 0 unspecified atom stereocenters. The number of likely N-dealkylation sites (tertiary alicyclic amines) is 1. The van der Waals surface area contributed by atoms with Crippen molar-refractivity contribution >= 4 is 33.1 Å². The number of rotatable bonds is 35. The maximum absolute atomic E-state index is 14.1. The van der Waals surface area contributed by atoms with Crippen LogP contribution in [-0.2, 0) is 47.9 Å². The first kappa shape index (κ1) is 57.3. The van der Waals surface area contributed by atoms with Crippen molar-refractivity contribution in [1.29, 1.82) is 0 Å². The molecule has 0 radical (unpaired) electrons. The average Bonchev–Trinajstić information content (AvgIpc) is 4.02. The van der Waals surface area contributed by atoms with Crippen LogP contribution in [0.15, 0.2) is 30.5 Å². The van der Waals surface area contributed by atoms with Gasteiger partial charge in [-0.3, -0.25) is 14.4 Å². The van der Waals surface area contributed by atoms with Gasteiger partial charge in [-0.25, -0.2) is 17.9 Å². The van der Waals surface area contributed by atoms with Crippen molar-refractivity contribution in [3.8, 4) is 12.3 Å². The van der Waals surface area contributed by atoms with Crippen molar-refractivity contribution in [3.63, 3.8) is 0 Å². The lowest BCUT2D eigenvalue weighted by molar-refractivity contribution is -0.0231. The molecule has 3 aromatic rings. The van der Waals surface area contributed by atoms with E-state index in [0.717, 1.165) is 126 Å². The lowest BCUT2D eigenvalue weighted by atomic mass is 9.97. The predicted octanol–water partition coefficient (Wildman–Crippen LogP) is 3.03. The van der Waals surface area contributed by atoms with Crippen LogP contribution in [0.3, 0.4) is 0 Å². The summed E-state index contributed by atoms with van der Waals surface area (Å²) >= 11 is 0. The number of hydrogen-bond acceptors (Lipinski definition) is 17. The zero-order chi connectivity index (χ0) is 50.8. The van der Waals surface area contributed by atoms with E-state index in [0.29, 0.717) is 124 Å². The SMILES string of the molecule is C#CCOCCOCCOCCOCCOCCOCCOCCOCCN1CCN(CCCN[C@H]2CCN(c3nc4cc([C@@H]5CCCCN5C(=O)c5cc(C)ccc5NS(C)(=O)=O)nn4cc3C)C2)CC1. The molecule has 2 aromatic heterocycles. The van der Waals surface area contributed by atoms with Crippen LogP contribution in [0.5, 0.6) is 0 Å².